The summed E-state index contributed by atoms with van der Waals surface area (Å²) in [6, 6.07) is 0.0650. The molecule has 1 fully saturated rings. The molecule has 0 saturated heterocycles. The van der Waals surface area contributed by atoms with Crippen LogP contribution in [-0.4, -0.2) is 24.0 Å². The third kappa shape index (κ3) is 1.54. The number of nitrogens with two attached hydrogens (primary N) is 1. The lowest BCUT2D eigenvalue weighted by Gasteiger charge is -2.36. The number of allylic oxidation sites excluding steroid dienone is 2. The van der Waals surface area contributed by atoms with E-state index in [-0.39, 0.29) is 0 Å². The standard InChI is InChI=1S/C13H19N3O/c1-16-10-6-2-4-8(10)12(15-13(14)17)9-5-3-7-11(9)16/h10H,2-7H2,1H3,(H3,14,15,17). The average molecular weight is 233 g/mol. The zero-order valence-electron chi connectivity index (χ0n) is 10.3. The normalized spacial score (nSPS) is 27.4. The van der Waals surface area contributed by atoms with Crippen LogP contribution in [-0.2, 0) is 0 Å². The van der Waals surface area contributed by atoms with Crippen LogP contribution in [0.25, 0.3) is 0 Å². The second kappa shape index (κ2) is 3.79. The van der Waals surface area contributed by atoms with Crippen LogP contribution in [0.15, 0.2) is 22.5 Å². The molecule has 92 valence electrons. The third-order valence-electron chi connectivity index (χ3n) is 4.28. The molecule has 4 nitrogen and oxygen atoms in total. The Morgan fingerprint density at radius 1 is 1.35 bits per heavy atom. The van der Waals surface area contributed by atoms with E-state index >= 15 is 0 Å². The smallest absolute Gasteiger partial charge is 0.316 e. The number of nitrogens with one attached hydrogen (secondary N) is 1. The first-order valence-corrected chi connectivity index (χ1v) is 6.43. The van der Waals surface area contributed by atoms with E-state index in [1.54, 1.807) is 0 Å². The number of carbonyl (C=O) groups excluding carboxylic acids is 1. The fraction of sp³-hybridized carbons (Fsp3) is 0.615. The van der Waals surface area contributed by atoms with Gasteiger partial charge in [-0.15, -0.1) is 0 Å². The van der Waals surface area contributed by atoms with Gasteiger partial charge in [0.15, 0.2) is 0 Å². The van der Waals surface area contributed by atoms with Crippen LogP contribution in [0.4, 0.5) is 4.79 Å². The quantitative estimate of drug-likeness (QED) is 0.726. The topological polar surface area (TPSA) is 58.4 Å². The highest BCUT2D eigenvalue weighted by Crippen LogP contribution is 2.44. The molecule has 0 aromatic heterocycles. The second-order valence-electron chi connectivity index (χ2n) is 5.19. The number of amides is 2. The van der Waals surface area contributed by atoms with E-state index in [9.17, 15) is 4.79 Å². The zero-order valence-corrected chi connectivity index (χ0v) is 10.3. The Kier molecular flexibility index (Phi) is 2.38. The van der Waals surface area contributed by atoms with Crippen LogP contribution in [0.5, 0.6) is 0 Å². The molecule has 17 heavy (non-hydrogen) atoms. The summed E-state index contributed by atoms with van der Waals surface area (Å²) in [6.45, 7) is 0. The number of fused-ring (bicyclic) bond motifs is 1. The van der Waals surface area contributed by atoms with Crippen LogP contribution < -0.4 is 11.1 Å². The molecule has 0 aromatic carbocycles. The molecule has 0 bridgehead atoms. The maximum atomic E-state index is 11.2. The Bertz CT molecular complexity index is 436. The first kappa shape index (κ1) is 10.7. The lowest BCUT2D eigenvalue weighted by Crippen LogP contribution is -2.39. The minimum absolute atomic E-state index is 0.429. The van der Waals surface area contributed by atoms with Gasteiger partial charge >= 0.3 is 6.03 Å². The Labute approximate surface area is 102 Å². The molecule has 1 saturated carbocycles. The fourth-order valence-corrected chi connectivity index (χ4v) is 3.59. The van der Waals surface area contributed by atoms with Crippen molar-refractivity contribution >= 4 is 6.03 Å². The van der Waals surface area contributed by atoms with E-state index in [0.29, 0.717) is 6.04 Å². The van der Waals surface area contributed by atoms with E-state index in [4.69, 9.17) is 5.73 Å². The van der Waals surface area contributed by atoms with E-state index in [0.717, 1.165) is 25.0 Å². The molecular formula is C13H19N3O. The van der Waals surface area contributed by atoms with Crippen molar-refractivity contribution in [3.8, 4) is 0 Å². The molecule has 1 heterocycles. The van der Waals surface area contributed by atoms with E-state index in [2.05, 4.69) is 17.3 Å². The van der Waals surface area contributed by atoms with E-state index < -0.39 is 6.03 Å². The number of nitrogens with zero attached hydrogens (tertiary/aromatic N) is 1. The largest absolute Gasteiger partial charge is 0.371 e. The van der Waals surface area contributed by atoms with Crippen LogP contribution in [0.3, 0.4) is 0 Å². The molecular weight excluding hydrogens is 214 g/mol. The summed E-state index contributed by atoms with van der Waals surface area (Å²) in [7, 11) is 2.19. The highest BCUT2D eigenvalue weighted by atomic mass is 16.2. The van der Waals surface area contributed by atoms with Gasteiger partial charge in [-0.3, -0.25) is 0 Å². The molecule has 3 N–H and O–H groups in total. The van der Waals surface area contributed by atoms with Crippen LogP contribution >= 0.6 is 0 Å². The molecule has 1 unspecified atom stereocenters. The van der Waals surface area contributed by atoms with Crippen molar-refractivity contribution in [2.24, 2.45) is 5.73 Å². The Hall–Kier alpha value is -1.45. The number of hydrogen-bond acceptors (Lipinski definition) is 2. The summed E-state index contributed by atoms with van der Waals surface area (Å²) in [5, 5.41) is 2.88. The van der Waals surface area contributed by atoms with E-state index in [1.807, 2.05) is 0 Å². The number of rotatable bonds is 1. The SMILES string of the molecule is CN1C2=C(CCC2)C(NC(N)=O)=C2CCCC21. The van der Waals surface area contributed by atoms with Crippen molar-refractivity contribution < 1.29 is 4.79 Å². The first-order chi connectivity index (χ1) is 8.18. The summed E-state index contributed by atoms with van der Waals surface area (Å²) in [4.78, 5) is 13.6. The minimum atomic E-state index is -0.429. The van der Waals surface area contributed by atoms with Crippen molar-refractivity contribution in [2.45, 2.75) is 44.6 Å². The van der Waals surface area contributed by atoms with Gasteiger partial charge in [0.25, 0.3) is 0 Å². The molecule has 3 rings (SSSR count). The number of likely N-dealkylation sites (N-methyl/N-ethyl adjacent to an activating group) is 1. The van der Waals surface area contributed by atoms with Gasteiger partial charge in [-0.1, -0.05) is 0 Å². The minimum Gasteiger partial charge on any atom is -0.371 e. The summed E-state index contributed by atoms with van der Waals surface area (Å²) in [5.41, 5.74) is 10.5. The van der Waals surface area contributed by atoms with Crippen LogP contribution in [0.2, 0.25) is 0 Å². The predicted molar refractivity (Wildman–Crippen MR) is 66.0 cm³/mol. The number of primary amides is 1. The molecule has 2 aliphatic carbocycles. The number of urea groups is 1. The third-order valence-corrected chi connectivity index (χ3v) is 4.28. The molecule has 1 atom stereocenters. The summed E-state index contributed by atoms with van der Waals surface area (Å²) >= 11 is 0. The zero-order chi connectivity index (χ0) is 12.0. The van der Waals surface area contributed by atoms with Gasteiger partial charge in [0, 0.05) is 18.4 Å². The van der Waals surface area contributed by atoms with Gasteiger partial charge < -0.3 is 16.0 Å². The van der Waals surface area contributed by atoms with Gasteiger partial charge in [-0.25, -0.2) is 4.79 Å². The van der Waals surface area contributed by atoms with Gasteiger partial charge in [0.1, 0.15) is 0 Å². The van der Waals surface area contributed by atoms with Crippen molar-refractivity contribution in [2.75, 3.05) is 7.05 Å². The fourth-order valence-electron chi connectivity index (χ4n) is 3.59. The van der Waals surface area contributed by atoms with Crippen molar-refractivity contribution in [1.82, 2.24) is 10.2 Å². The van der Waals surface area contributed by atoms with Crippen molar-refractivity contribution in [3.63, 3.8) is 0 Å². The van der Waals surface area contributed by atoms with Crippen molar-refractivity contribution in [3.05, 3.63) is 22.5 Å². The second-order valence-corrected chi connectivity index (χ2v) is 5.19. The van der Waals surface area contributed by atoms with Gasteiger partial charge in [0.2, 0.25) is 0 Å². The molecule has 4 heteroatoms. The summed E-state index contributed by atoms with van der Waals surface area (Å²) in [5.74, 6) is 0. The van der Waals surface area contributed by atoms with E-state index in [1.165, 1.54) is 36.1 Å². The van der Waals surface area contributed by atoms with Crippen LogP contribution in [0, 0.1) is 0 Å². The Balaban J connectivity index is 2.05. The predicted octanol–water partition coefficient (Wildman–Crippen LogP) is 1.84. The lowest BCUT2D eigenvalue weighted by molar-refractivity contribution is 0.250. The number of hydrogen-bond donors (Lipinski definition) is 2. The highest BCUT2D eigenvalue weighted by Gasteiger charge is 2.37. The van der Waals surface area contributed by atoms with Gasteiger partial charge in [0.05, 0.1) is 6.04 Å². The monoisotopic (exact) mass is 233 g/mol. The highest BCUT2D eigenvalue weighted by molar-refractivity contribution is 5.75. The maximum absolute atomic E-state index is 11.2. The average Bonchev–Trinajstić information content (AvgIpc) is 2.92. The molecule has 0 radical (unpaired) electrons. The Morgan fingerprint density at radius 3 is 2.94 bits per heavy atom. The number of carbonyl (C=O) groups is 1. The summed E-state index contributed by atoms with van der Waals surface area (Å²) in [6.07, 6.45) is 6.92. The molecule has 3 aliphatic rings. The van der Waals surface area contributed by atoms with Crippen LogP contribution in [0.1, 0.15) is 38.5 Å². The van der Waals surface area contributed by atoms with Crippen molar-refractivity contribution in [1.29, 1.82) is 0 Å². The maximum Gasteiger partial charge on any atom is 0.316 e. The Morgan fingerprint density at radius 2 is 2.18 bits per heavy atom. The molecule has 0 aromatic rings. The molecule has 0 spiro atoms. The summed E-state index contributed by atoms with van der Waals surface area (Å²) < 4.78 is 0. The van der Waals surface area contributed by atoms with Gasteiger partial charge in [-0.05, 0) is 49.7 Å². The van der Waals surface area contributed by atoms with Gasteiger partial charge in [-0.2, -0.15) is 0 Å². The first-order valence-electron chi connectivity index (χ1n) is 6.43. The molecule has 1 aliphatic heterocycles. The lowest BCUT2D eigenvalue weighted by atomic mass is 9.96. The molecule has 2 amide bonds.